The summed E-state index contributed by atoms with van der Waals surface area (Å²) in [6.07, 6.45) is 0. The first-order valence-electron chi connectivity index (χ1n) is 5.45. The van der Waals surface area contributed by atoms with Crippen LogP contribution in [-0.2, 0) is 0 Å². The van der Waals surface area contributed by atoms with Gasteiger partial charge in [0.05, 0.1) is 12.5 Å². The molecule has 19 heavy (non-hydrogen) atoms. The lowest BCUT2D eigenvalue weighted by Crippen LogP contribution is -1.98. The molecule has 0 heterocycles. The SMILES string of the molecule is COc1ccc(Cl)cc1C(Cl)c1cc(Br)ccc1Br. The van der Waals surface area contributed by atoms with Crippen LogP contribution in [0.1, 0.15) is 16.5 Å². The molecular formula is C14H10Br2Cl2O. The van der Waals surface area contributed by atoms with Crippen LogP contribution in [0.4, 0.5) is 0 Å². The molecule has 2 aromatic carbocycles. The smallest absolute Gasteiger partial charge is 0.123 e. The number of hydrogen-bond acceptors (Lipinski definition) is 1. The van der Waals surface area contributed by atoms with Gasteiger partial charge in [-0.15, -0.1) is 11.6 Å². The van der Waals surface area contributed by atoms with Crippen molar-refractivity contribution in [2.24, 2.45) is 0 Å². The lowest BCUT2D eigenvalue weighted by atomic mass is 10.0. The Hall–Kier alpha value is -0.220. The predicted octanol–water partition coefficient (Wildman–Crippen LogP) is 6.20. The number of rotatable bonds is 3. The number of ether oxygens (including phenoxy) is 1. The number of hydrogen-bond donors (Lipinski definition) is 0. The maximum absolute atomic E-state index is 6.58. The van der Waals surface area contributed by atoms with Crippen LogP contribution in [0.5, 0.6) is 5.75 Å². The van der Waals surface area contributed by atoms with Gasteiger partial charge in [0.1, 0.15) is 5.75 Å². The minimum absolute atomic E-state index is 0.347. The largest absolute Gasteiger partial charge is 0.496 e. The summed E-state index contributed by atoms with van der Waals surface area (Å²) >= 11 is 19.6. The first-order valence-corrected chi connectivity index (χ1v) is 7.85. The highest BCUT2D eigenvalue weighted by Gasteiger charge is 2.19. The standard InChI is InChI=1S/C14H10Br2Cl2O/c1-19-13-5-3-9(17)7-11(13)14(18)10-6-8(15)2-4-12(10)16/h2-7,14H,1H3. The van der Waals surface area contributed by atoms with Crippen molar-refractivity contribution in [1.29, 1.82) is 0 Å². The van der Waals surface area contributed by atoms with Crippen molar-refractivity contribution in [2.75, 3.05) is 7.11 Å². The Bertz CT molecular complexity index is 602. The van der Waals surface area contributed by atoms with E-state index in [1.807, 2.05) is 30.3 Å². The van der Waals surface area contributed by atoms with E-state index in [2.05, 4.69) is 31.9 Å². The number of methoxy groups -OCH3 is 1. The molecule has 0 aliphatic carbocycles. The van der Waals surface area contributed by atoms with Gasteiger partial charge in [0, 0.05) is 19.5 Å². The molecule has 0 aliphatic rings. The molecule has 0 radical (unpaired) electrons. The van der Waals surface area contributed by atoms with Gasteiger partial charge in [0.2, 0.25) is 0 Å². The molecule has 0 amide bonds. The molecule has 1 nitrogen and oxygen atoms in total. The fraction of sp³-hybridized carbons (Fsp3) is 0.143. The molecule has 100 valence electrons. The zero-order valence-electron chi connectivity index (χ0n) is 9.96. The highest BCUT2D eigenvalue weighted by Crippen LogP contribution is 2.40. The number of alkyl halides is 1. The van der Waals surface area contributed by atoms with E-state index in [9.17, 15) is 0 Å². The molecule has 0 spiro atoms. The summed E-state index contributed by atoms with van der Waals surface area (Å²) in [6.45, 7) is 0. The average Bonchev–Trinajstić information content (AvgIpc) is 2.40. The first kappa shape index (κ1) is 15.2. The van der Waals surface area contributed by atoms with E-state index < -0.39 is 0 Å². The lowest BCUT2D eigenvalue weighted by Gasteiger charge is -2.16. The molecule has 0 bridgehead atoms. The van der Waals surface area contributed by atoms with E-state index in [1.54, 1.807) is 13.2 Å². The Morgan fingerprint density at radius 2 is 1.79 bits per heavy atom. The number of halogens is 4. The van der Waals surface area contributed by atoms with E-state index in [-0.39, 0.29) is 5.38 Å². The summed E-state index contributed by atoms with van der Waals surface area (Å²) in [6, 6.07) is 11.3. The highest BCUT2D eigenvalue weighted by atomic mass is 79.9. The minimum atomic E-state index is -0.347. The van der Waals surface area contributed by atoms with Gasteiger partial charge in [0.25, 0.3) is 0 Å². The van der Waals surface area contributed by atoms with E-state index >= 15 is 0 Å². The second-order valence-electron chi connectivity index (χ2n) is 3.91. The van der Waals surface area contributed by atoms with Crippen molar-refractivity contribution in [3.05, 3.63) is 61.5 Å². The zero-order valence-corrected chi connectivity index (χ0v) is 14.6. The lowest BCUT2D eigenvalue weighted by molar-refractivity contribution is 0.410. The average molecular weight is 425 g/mol. The van der Waals surface area contributed by atoms with Gasteiger partial charge in [-0.1, -0.05) is 43.5 Å². The summed E-state index contributed by atoms with van der Waals surface area (Å²) < 4.78 is 7.26. The Morgan fingerprint density at radius 1 is 1.05 bits per heavy atom. The Labute approximate surface area is 139 Å². The van der Waals surface area contributed by atoms with Gasteiger partial charge in [0.15, 0.2) is 0 Å². The summed E-state index contributed by atoms with van der Waals surface area (Å²) in [5.74, 6) is 0.719. The molecule has 0 saturated heterocycles. The first-order chi connectivity index (χ1) is 9.02. The fourth-order valence-electron chi connectivity index (χ4n) is 1.78. The van der Waals surface area contributed by atoms with Crippen LogP contribution >= 0.6 is 55.1 Å². The third-order valence-electron chi connectivity index (χ3n) is 2.70. The molecule has 2 aromatic rings. The van der Waals surface area contributed by atoms with E-state index in [1.165, 1.54) is 0 Å². The topological polar surface area (TPSA) is 9.23 Å². The van der Waals surface area contributed by atoms with Crippen LogP contribution < -0.4 is 4.74 Å². The zero-order chi connectivity index (χ0) is 14.0. The third-order valence-corrected chi connectivity index (χ3v) is 4.62. The van der Waals surface area contributed by atoms with Gasteiger partial charge in [-0.2, -0.15) is 0 Å². The summed E-state index contributed by atoms with van der Waals surface area (Å²) in [7, 11) is 1.62. The predicted molar refractivity (Wildman–Crippen MR) is 87.5 cm³/mol. The minimum Gasteiger partial charge on any atom is -0.496 e. The molecule has 0 aromatic heterocycles. The van der Waals surface area contributed by atoms with Crippen LogP contribution in [0, 0.1) is 0 Å². The van der Waals surface area contributed by atoms with Crippen molar-refractivity contribution in [2.45, 2.75) is 5.38 Å². The van der Waals surface area contributed by atoms with Gasteiger partial charge >= 0.3 is 0 Å². The van der Waals surface area contributed by atoms with Crippen molar-refractivity contribution in [3.63, 3.8) is 0 Å². The molecule has 1 atom stereocenters. The molecule has 0 aliphatic heterocycles. The molecule has 2 rings (SSSR count). The van der Waals surface area contributed by atoms with Crippen LogP contribution in [0.15, 0.2) is 45.3 Å². The molecular weight excluding hydrogens is 415 g/mol. The van der Waals surface area contributed by atoms with Crippen molar-refractivity contribution in [3.8, 4) is 5.75 Å². The van der Waals surface area contributed by atoms with Crippen LogP contribution in [0.3, 0.4) is 0 Å². The van der Waals surface area contributed by atoms with Crippen molar-refractivity contribution < 1.29 is 4.74 Å². The molecule has 0 N–H and O–H groups in total. The summed E-state index contributed by atoms with van der Waals surface area (Å²) in [5.41, 5.74) is 1.80. The molecule has 0 saturated carbocycles. The number of benzene rings is 2. The van der Waals surface area contributed by atoms with Crippen molar-refractivity contribution >= 4 is 55.1 Å². The quantitative estimate of drug-likeness (QED) is 0.533. The van der Waals surface area contributed by atoms with E-state index in [4.69, 9.17) is 27.9 Å². The van der Waals surface area contributed by atoms with Gasteiger partial charge in [-0.25, -0.2) is 0 Å². The Morgan fingerprint density at radius 3 is 2.47 bits per heavy atom. The molecule has 5 heteroatoms. The van der Waals surface area contributed by atoms with Crippen LogP contribution in [0.25, 0.3) is 0 Å². The van der Waals surface area contributed by atoms with Crippen molar-refractivity contribution in [1.82, 2.24) is 0 Å². The fourth-order valence-corrected chi connectivity index (χ4v) is 3.30. The summed E-state index contributed by atoms with van der Waals surface area (Å²) in [5, 5.41) is 0.285. The molecule has 1 unspecified atom stereocenters. The molecule has 0 fully saturated rings. The monoisotopic (exact) mass is 422 g/mol. The Balaban J connectivity index is 2.51. The van der Waals surface area contributed by atoms with Crippen LogP contribution in [-0.4, -0.2) is 7.11 Å². The second-order valence-corrected chi connectivity index (χ2v) is 6.56. The van der Waals surface area contributed by atoms with Gasteiger partial charge in [-0.05, 0) is 42.0 Å². The normalized spacial score (nSPS) is 12.3. The van der Waals surface area contributed by atoms with Gasteiger partial charge < -0.3 is 4.74 Å². The van der Waals surface area contributed by atoms with Gasteiger partial charge in [-0.3, -0.25) is 0 Å². The maximum Gasteiger partial charge on any atom is 0.123 e. The van der Waals surface area contributed by atoms with E-state index in [0.29, 0.717) is 5.02 Å². The van der Waals surface area contributed by atoms with Crippen LogP contribution in [0.2, 0.25) is 5.02 Å². The maximum atomic E-state index is 6.58. The second kappa shape index (κ2) is 6.49. The van der Waals surface area contributed by atoms with E-state index in [0.717, 1.165) is 25.8 Å². The summed E-state index contributed by atoms with van der Waals surface area (Å²) in [4.78, 5) is 0. The Kier molecular flexibility index (Phi) is 5.18. The third kappa shape index (κ3) is 3.46. The highest BCUT2D eigenvalue weighted by molar-refractivity contribution is 9.11.